The van der Waals surface area contributed by atoms with Gasteiger partial charge in [-0.1, -0.05) is 12.1 Å². The molecular weight excluding hydrogens is 260 g/mol. The van der Waals surface area contributed by atoms with Crippen molar-refractivity contribution in [2.45, 2.75) is 57.5 Å². The smallest absolute Gasteiger partial charge is 0.118 e. The number of methoxy groups -OCH3 is 1. The molecule has 1 aromatic carbocycles. The summed E-state index contributed by atoms with van der Waals surface area (Å²) >= 11 is 0. The van der Waals surface area contributed by atoms with Gasteiger partial charge < -0.3 is 10.5 Å². The Hall–Kier alpha value is -1.06. The molecular formula is C18H30N2O. The topological polar surface area (TPSA) is 38.5 Å². The molecule has 0 bridgehead atoms. The summed E-state index contributed by atoms with van der Waals surface area (Å²) in [4.78, 5) is 2.63. The van der Waals surface area contributed by atoms with Crippen molar-refractivity contribution >= 4 is 0 Å². The first-order chi connectivity index (χ1) is 9.91. The first-order valence-electron chi connectivity index (χ1n) is 8.02. The summed E-state index contributed by atoms with van der Waals surface area (Å²) in [6, 6.07) is 8.39. The Morgan fingerprint density at radius 1 is 1.29 bits per heavy atom. The van der Waals surface area contributed by atoms with E-state index in [9.17, 15) is 0 Å². The van der Waals surface area contributed by atoms with E-state index in [1.165, 1.54) is 24.9 Å². The molecule has 1 atom stereocenters. The Balaban J connectivity index is 2.04. The molecule has 0 radical (unpaired) electrons. The molecule has 21 heavy (non-hydrogen) atoms. The molecule has 0 saturated carbocycles. The molecule has 118 valence electrons. The van der Waals surface area contributed by atoms with Crippen LogP contribution in [-0.4, -0.2) is 36.2 Å². The molecule has 1 unspecified atom stereocenters. The molecule has 0 aromatic heterocycles. The third-order valence-electron chi connectivity index (χ3n) is 5.10. The van der Waals surface area contributed by atoms with Gasteiger partial charge in [0.2, 0.25) is 0 Å². The minimum absolute atomic E-state index is 0.0833. The summed E-state index contributed by atoms with van der Waals surface area (Å²) in [5.41, 5.74) is 7.87. The molecule has 0 amide bonds. The normalized spacial score (nSPS) is 21.2. The number of likely N-dealkylation sites (tertiary alicyclic amines) is 1. The quantitative estimate of drug-likeness (QED) is 0.874. The molecule has 3 nitrogen and oxygen atoms in total. The van der Waals surface area contributed by atoms with Crippen molar-refractivity contribution in [3.8, 4) is 5.75 Å². The minimum Gasteiger partial charge on any atom is -0.497 e. The zero-order valence-electron chi connectivity index (χ0n) is 14.0. The summed E-state index contributed by atoms with van der Waals surface area (Å²) in [7, 11) is 1.70. The van der Waals surface area contributed by atoms with E-state index in [-0.39, 0.29) is 11.1 Å². The van der Waals surface area contributed by atoms with Gasteiger partial charge >= 0.3 is 0 Å². The minimum atomic E-state index is 0.0833. The third kappa shape index (κ3) is 3.58. The summed E-state index contributed by atoms with van der Waals surface area (Å²) in [6.07, 6.45) is 4.71. The molecule has 2 rings (SSSR count). The molecule has 1 saturated heterocycles. The van der Waals surface area contributed by atoms with E-state index in [2.05, 4.69) is 37.8 Å². The van der Waals surface area contributed by atoms with Crippen molar-refractivity contribution in [2.24, 2.45) is 5.73 Å². The average molecular weight is 290 g/mol. The number of rotatable bonds is 6. The van der Waals surface area contributed by atoms with Crippen molar-refractivity contribution < 1.29 is 4.74 Å². The van der Waals surface area contributed by atoms with Crippen LogP contribution in [0, 0.1) is 0 Å². The van der Waals surface area contributed by atoms with Crippen molar-refractivity contribution in [2.75, 3.05) is 20.2 Å². The maximum absolute atomic E-state index is 6.16. The Morgan fingerprint density at radius 3 is 2.43 bits per heavy atom. The van der Waals surface area contributed by atoms with E-state index in [1.54, 1.807) is 7.11 Å². The van der Waals surface area contributed by atoms with E-state index in [4.69, 9.17) is 10.5 Å². The van der Waals surface area contributed by atoms with Gasteiger partial charge in [-0.15, -0.1) is 0 Å². The Morgan fingerprint density at radius 2 is 1.95 bits per heavy atom. The predicted molar refractivity (Wildman–Crippen MR) is 88.8 cm³/mol. The molecule has 0 aliphatic carbocycles. The number of nitrogens with zero attached hydrogens (tertiary/aromatic N) is 1. The number of ether oxygens (including phenoxy) is 1. The summed E-state index contributed by atoms with van der Waals surface area (Å²) in [5, 5.41) is 0. The van der Waals surface area contributed by atoms with E-state index in [0.29, 0.717) is 6.54 Å². The molecule has 3 heteroatoms. The van der Waals surface area contributed by atoms with Crippen LogP contribution in [0.15, 0.2) is 24.3 Å². The van der Waals surface area contributed by atoms with Crippen LogP contribution in [0.2, 0.25) is 0 Å². The average Bonchev–Trinajstić information content (AvgIpc) is 2.85. The first kappa shape index (κ1) is 16.3. The Labute approximate surface area is 129 Å². The molecule has 1 fully saturated rings. The van der Waals surface area contributed by atoms with Crippen LogP contribution in [0.1, 0.15) is 45.6 Å². The van der Waals surface area contributed by atoms with Gasteiger partial charge in [0, 0.05) is 17.6 Å². The number of benzene rings is 1. The lowest BCUT2D eigenvalue weighted by Crippen LogP contribution is -2.57. The highest BCUT2D eigenvalue weighted by Crippen LogP contribution is 2.36. The lowest BCUT2D eigenvalue weighted by atomic mass is 9.87. The van der Waals surface area contributed by atoms with Crippen LogP contribution in [0.5, 0.6) is 5.75 Å². The van der Waals surface area contributed by atoms with Crippen LogP contribution >= 0.6 is 0 Å². The fourth-order valence-corrected chi connectivity index (χ4v) is 3.66. The van der Waals surface area contributed by atoms with Crippen LogP contribution in [0.4, 0.5) is 0 Å². The van der Waals surface area contributed by atoms with Crippen molar-refractivity contribution in [1.29, 1.82) is 0 Å². The Kier molecular flexibility index (Phi) is 4.95. The van der Waals surface area contributed by atoms with Crippen LogP contribution in [-0.2, 0) is 6.42 Å². The van der Waals surface area contributed by atoms with Crippen molar-refractivity contribution in [3.63, 3.8) is 0 Å². The lowest BCUT2D eigenvalue weighted by Gasteiger charge is -2.46. The maximum atomic E-state index is 6.16. The number of aryl methyl sites for hydroxylation is 1. The highest BCUT2D eigenvalue weighted by molar-refractivity contribution is 5.27. The van der Waals surface area contributed by atoms with Crippen molar-refractivity contribution in [3.05, 3.63) is 29.8 Å². The largest absolute Gasteiger partial charge is 0.497 e. The molecule has 1 aromatic rings. The van der Waals surface area contributed by atoms with Crippen LogP contribution in [0.3, 0.4) is 0 Å². The molecule has 2 N–H and O–H groups in total. The first-order valence-corrected chi connectivity index (χ1v) is 8.02. The maximum Gasteiger partial charge on any atom is 0.118 e. The van der Waals surface area contributed by atoms with Gasteiger partial charge in [-0.05, 0) is 70.7 Å². The second kappa shape index (κ2) is 6.37. The van der Waals surface area contributed by atoms with E-state index < -0.39 is 0 Å². The van der Waals surface area contributed by atoms with E-state index in [0.717, 1.165) is 18.6 Å². The Bertz CT molecular complexity index is 455. The molecule has 1 aliphatic rings. The van der Waals surface area contributed by atoms with Gasteiger partial charge in [0.1, 0.15) is 5.75 Å². The fraction of sp³-hybridized carbons (Fsp3) is 0.667. The second-order valence-electron chi connectivity index (χ2n) is 7.12. The number of nitrogens with two attached hydrogens (primary N) is 1. The van der Waals surface area contributed by atoms with Gasteiger partial charge in [-0.25, -0.2) is 0 Å². The van der Waals surface area contributed by atoms with Gasteiger partial charge in [0.15, 0.2) is 0 Å². The summed E-state index contributed by atoms with van der Waals surface area (Å²) < 4.78 is 5.22. The van der Waals surface area contributed by atoms with Crippen molar-refractivity contribution in [1.82, 2.24) is 4.90 Å². The highest BCUT2D eigenvalue weighted by atomic mass is 16.5. The fourth-order valence-electron chi connectivity index (χ4n) is 3.66. The predicted octanol–water partition coefficient (Wildman–Crippen LogP) is 3.22. The number of hydrogen-bond donors (Lipinski definition) is 1. The molecule has 1 heterocycles. The SMILES string of the molecule is COc1ccc(CCC(C)(CN)N2CCCC2(C)C)cc1. The van der Waals surface area contributed by atoms with Gasteiger partial charge in [0.05, 0.1) is 7.11 Å². The van der Waals surface area contributed by atoms with E-state index in [1.807, 2.05) is 12.1 Å². The zero-order valence-corrected chi connectivity index (χ0v) is 14.0. The van der Waals surface area contributed by atoms with Gasteiger partial charge in [-0.2, -0.15) is 0 Å². The van der Waals surface area contributed by atoms with Crippen LogP contribution in [0.25, 0.3) is 0 Å². The monoisotopic (exact) mass is 290 g/mol. The second-order valence-corrected chi connectivity index (χ2v) is 7.12. The van der Waals surface area contributed by atoms with Gasteiger partial charge in [0.25, 0.3) is 0 Å². The van der Waals surface area contributed by atoms with E-state index >= 15 is 0 Å². The third-order valence-corrected chi connectivity index (χ3v) is 5.10. The standard InChI is InChI=1S/C18H30N2O/c1-17(2)11-5-13-20(17)18(3,14-19)12-10-15-6-8-16(21-4)9-7-15/h6-9H,5,10-14,19H2,1-4H3. The van der Waals surface area contributed by atoms with Gasteiger partial charge in [-0.3, -0.25) is 4.90 Å². The molecule has 0 spiro atoms. The summed E-state index contributed by atoms with van der Waals surface area (Å²) in [5.74, 6) is 0.918. The summed E-state index contributed by atoms with van der Waals surface area (Å²) in [6.45, 7) is 8.90. The molecule has 1 aliphatic heterocycles. The van der Waals surface area contributed by atoms with Crippen LogP contribution < -0.4 is 10.5 Å². The lowest BCUT2D eigenvalue weighted by molar-refractivity contribution is 0.0416. The zero-order chi connectivity index (χ0) is 15.5. The highest BCUT2D eigenvalue weighted by Gasteiger charge is 2.42. The number of hydrogen-bond acceptors (Lipinski definition) is 3.